The van der Waals surface area contributed by atoms with Crippen molar-refractivity contribution in [3.05, 3.63) is 60.8 Å². The van der Waals surface area contributed by atoms with Gasteiger partial charge >= 0.3 is 17.9 Å². The molecule has 1 atom stereocenters. The molecule has 6 nitrogen and oxygen atoms in total. The van der Waals surface area contributed by atoms with Crippen molar-refractivity contribution in [1.82, 2.24) is 0 Å². The highest BCUT2D eigenvalue weighted by Crippen LogP contribution is 2.16. The Balaban J connectivity index is 4.27. The summed E-state index contributed by atoms with van der Waals surface area (Å²) in [7, 11) is 0. The quantitative estimate of drug-likeness (QED) is 0.0262. The van der Waals surface area contributed by atoms with E-state index in [9.17, 15) is 14.4 Å². The Bertz CT molecular complexity index is 1200. The molecule has 0 aliphatic heterocycles. The molecule has 0 heterocycles. The van der Waals surface area contributed by atoms with Crippen molar-refractivity contribution in [3.63, 3.8) is 0 Å². The van der Waals surface area contributed by atoms with Crippen LogP contribution >= 0.6 is 0 Å². The summed E-state index contributed by atoms with van der Waals surface area (Å²) >= 11 is 0. The van der Waals surface area contributed by atoms with Crippen molar-refractivity contribution in [2.45, 2.75) is 290 Å². The van der Waals surface area contributed by atoms with Crippen LogP contribution in [0.2, 0.25) is 0 Å². The molecule has 0 N–H and O–H groups in total. The van der Waals surface area contributed by atoms with Crippen molar-refractivity contribution in [2.24, 2.45) is 0 Å². The van der Waals surface area contributed by atoms with Crippen LogP contribution in [0.5, 0.6) is 0 Å². The summed E-state index contributed by atoms with van der Waals surface area (Å²) in [6, 6.07) is 0. The standard InChI is InChI=1S/C60H106O6/c1-4-7-10-13-16-19-21-23-25-27-28-29-30-31-32-33-35-36-38-41-44-47-50-53-59(62)65-56-57(55-64-58(61)52-49-46-43-40-18-15-12-9-6-3)66-60(63)54-51-48-45-42-39-37-34-26-24-22-20-17-14-11-8-5-2/h7,10,16,19,23,25,28-29,31-32,57H,4-6,8-9,11-15,17-18,20-22,24,26-27,30,33-56H2,1-3H3/b10-7-,19-16-,25-23-,29-28-,32-31-. The van der Waals surface area contributed by atoms with Crippen LogP contribution in [0.1, 0.15) is 284 Å². The number of rotatable bonds is 51. The second-order valence-electron chi connectivity index (χ2n) is 18.8. The first kappa shape index (κ1) is 63.1. The maximum atomic E-state index is 12.8. The maximum Gasteiger partial charge on any atom is 0.306 e. The molecule has 0 aromatic heterocycles. The lowest BCUT2D eigenvalue weighted by Gasteiger charge is -2.18. The van der Waals surface area contributed by atoms with Gasteiger partial charge in [0.1, 0.15) is 13.2 Å². The van der Waals surface area contributed by atoms with E-state index in [0.29, 0.717) is 19.3 Å². The highest BCUT2D eigenvalue weighted by molar-refractivity contribution is 5.71. The molecule has 0 bridgehead atoms. The third kappa shape index (κ3) is 52.1. The molecule has 0 fully saturated rings. The first-order valence-electron chi connectivity index (χ1n) is 28.3. The third-order valence-corrected chi connectivity index (χ3v) is 12.3. The molecule has 0 aliphatic carbocycles. The average Bonchev–Trinajstić information content (AvgIpc) is 3.31. The monoisotopic (exact) mass is 923 g/mol. The largest absolute Gasteiger partial charge is 0.462 e. The van der Waals surface area contributed by atoms with E-state index < -0.39 is 6.10 Å². The number of allylic oxidation sites excluding steroid dienone is 10. The lowest BCUT2D eigenvalue weighted by molar-refractivity contribution is -0.167. The molecule has 382 valence electrons. The summed E-state index contributed by atoms with van der Waals surface area (Å²) in [5.41, 5.74) is 0. The van der Waals surface area contributed by atoms with Gasteiger partial charge in [0.15, 0.2) is 6.10 Å². The van der Waals surface area contributed by atoms with Crippen molar-refractivity contribution >= 4 is 17.9 Å². The third-order valence-electron chi connectivity index (χ3n) is 12.3. The van der Waals surface area contributed by atoms with Gasteiger partial charge in [0.05, 0.1) is 0 Å². The molecule has 66 heavy (non-hydrogen) atoms. The fourth-order valence-corrected chi connectivity index (χ4v) is 8.06. The lowest BCUT2D eigenvalue weighted by Crippen LogP contribution is -2.30. The Morgan fingerprint density at radius 1 is 0.318 bits per heavy atom. The zero-order valence-corrected chi connectivity index (χ0v) is 43.7. The summed E-state index contributed by atoms with van der Waals surface area (Å²) in [5.74, 6) is -0.876. The SMILES string of the molecule is CC/C=C\C/C=C\C/C=C\C/C=C\C/C=C\CCCCCCCCCC(=O)OCC(COC(=O)CCCCCCCCCCC)OC(=O)CCCCCCCCCCCCCCCCCC. The van der Waals surface area contributed by atoms with E-state index >= 15 is 0 Å². The second kappa shape index (κ2) is 54.7. The zero-order valence-electron chi connectivity index (χ0n) is 43.7. The van der Waals surface area contributed by atoms with Gasteiger partial charge in [-0.1, -0.05) is 261 Å². The Labute approximate surface area is 409 Å². The average molecular weight is 924 g/mol. The molecular formula is C60H106O6. The number of carbonyl (C=O) groups is 3. The molecule has 0 radical (unpaired) electrons. The Hall–Kier alpha value is -2.89. The molecule has 0 saturated carbocycles. The van der Waals surface area contributed by atoms with Crippen molar-refractivity contribution in [3.8, 4) is 0 Å². The second-order valence-corrected chi connectivity index (χ2v) is 18.8. The molecule has 0 rings (SSSR count). The van der Waals surface area contributed by atoms with Gasteiger partial charge < -0.3 is 14.2 Å². The van der Waals surface area contributed by atoms with Crippen LogP contribution in [0.15, 0.2) is 60.8 Å². The predicted molar refractivity (Wildman–Crippen MR) is 284 cm³/mol. The van der Waals surface area contributed by atoms with E-state index in [1.54, 1.807) is 0 Å². The predicted octanol–water partition coefficient (Wildman–Crippen LogP) is 18.8. The van der Waals surface area contributed by atoms with E-state index in [1.165, 1.54) is 148 Å². The first-order chi connectivity index (χ1) is 32.5. The molecule has 0 spiro atoms. The minimum Gasteiger partial charge on any atom is -0.462 e. The Kier molecular flexibility index (Phi) is 52.3. The van der Waals surface area contributed by atoms with Crippen molar-refractivity contribution in [1.29, 1.82) is 0 Å². The molecule has 0 amide bonds. The van der Waals surface area contributed by atoms with Gasteiger partial charge in [-0.25, -0.2) is 0 Å². The topological polar surface area (TPSA) is 78.9 Å². The number of ether oxygens (including phenoxy) is 3. The molecule has 1 unspecified atom stereocenters. The summed E-state index contributed by atoms with van der Waals surface area (Å²) in [5, 5.41) is 0. The smallest absolute Gasteiger partial charge is 0.306 e. The maximum absolute atomic E-state index is 12.8. The zero-order chi connectivity index (χ0) is 47.9. The number of hydrogen-bond donors (Lipinski definition) is 0. The molecular weight excluding hydrogens is 817 g/mol. The van der Waals surface area contributed by atoms with Gasteiger partial charge in [-0.2, -0.15) is 0 Å². The fraction of sp³-hybridized carbons (Fsp3) is 0.783. The van der Waals surface area contributed by atoms with Crippen LogP contribution < -0.4 is 0 Å². The molecule has 0 saturated heterocycles. The minimum atomic E-state index is -0.774. The van der Waals surface area contributed by atoms with Gasteiger partial charge in [-0.3, -0.25) is 14.4 Å². The highest BCUT2D eigenvalue weighted by Gasteiger charge is 2.19. The number of unbranched alkanes of at least 4 members (excludes halogenated alkanes) is 30. The van der Waals surface area contributed by atoms with Crippen molar-refractivity contribution < 1.29 is 28.6 Å². The Morgan fingerprint density at radius 3 is 0.924 bits per heavy atom. The van der Waals surface area contributed by atoms with Gasteiger partial charge in [-0.15, -0.1) is 0 Å². The van der Waals surface area contributed by atoms with E-state index in [2.05, 4.69) is 81.5 Å². The van der Waals surface area contributed by atoms with Crippen LogP contribution in [0.25, 0.3) is 0 Å². The molecule has 0 aliphatic rings. The van der Waals surface area contributed by atoms with Crippen molar-refractivity contribution in [2.75, 3.05) is 13.2 Å². The van der Waals surface area contributed by atoms with Crippen LogP contribution in [0, 0.1) is 0 Å². The van der Waals surface area contributed by atoms with Crippen LogP contribution in [0.3, 0.4) is 0 Å². The van der Waals surface area contributed by atoms with E-state index in [0.717, 1.165) is 96.3 Å². The Morgan fingerprint density at radius 2 is 0.591 bits per heavy atom. The van der Waals surface area contributed by atoms with E-state index in [-0.39, 0.29) is 31.1 Å². The van der Waals surface area contributed by atoms with Gasteiger partial charge in [0.25, 0.3) is 0 Å². The minimum absolute atomic E-state index is 0.0741. The van der Waals surface area contributed by atoms with Crippen LogP contribution in [-0.4, -0.2) is 37.2 Å². The number of hydrogen-bond acceptors (Lipinski definition) is 6. The first-order valence-corrected chi connectivity index (χ1v) is 28.3. The number of carbonyl (C=O) groups excluding carboxylic acids is 3. The normalized spacial score (nSPS) is 12.5. The molecule has 0 aromatic carbocycles. The summed E-state index contributed by atoms with van der Waals surface area (Å²) in [6.07, 6.45) is 67.9. The molecule has 0 aromatic rings. The summed E-state index contributed by atoms with van der Waals surface area (Å²) in [4.78, 5) is 38.0. The van der Waals surface area contributed by atoms with Gasteiger partial charge in [0, 0.05) is 19.3 Å². The fourth-order valence-electron chi connectivity index (χ4n) is 8.06. The lowest BCUT2D eigenvalue weighted by atomic mass is 10.0. The van der Waals surface area contributed by atoms with E-state index in [4.69, 9.17) is 14.2 Å². The van der Waals surface area contributed by atoms with Gasteiger partial charge in [-0.05, 0) is 64.2 Å². The highest BCUT2D eigenvalue weighted by atomic mass is 16.6. The van der Waals surface area contributed by atoms with Crippen LogP contribution in [0.4, 0.5) is 0 Å². The van der Waals surface area contributed by atoms with Gasteiger partial charge in [0.2, 0.25) is 0 Å². The number of esters is 3. The summed E-state index contributed by atoms with van der Waals surface area (Å²) < 4.78 is 16.8. The van der Waals surface area contributed by atoms with E-state index in [1.807, 2.05) is 0 Å². The molecule has 6 heteroatoms. The van der Waals surface area contributed by atoms with Crippen LogP contribution in [-0.2, 0) is 28.6 Å². The summed E-state index contributed by atoms with van der Waals surface area (Å²) in [6.45, 7) is 6.52.